The van der Waals surface area contributed by atoms with Crippen molar-refractivity contribution in [3.8, 4) is 0 Å². The van der Waals surface area contributed by atoms with E-state index in [0.717, 1.165) is 50.4 Å². The summed E-state index contributed by atoms with van der Waals surface area (Å²) in [4.78, 5) is 30.5. The number of hydrogen-bond donors (Lipinski definition) is 0. The molecular formula is C19H23N5O. The monoisotopic (exact) mass is 337 g/mol. The van der Waals surface area contributed by atoms with Crippen LogP contribution in [0.3, 0.4) is 0 Å². The fourth-order valence-corrected chi connectivity index (χ4v) is 3.96. The van der Waals surface area contributed by atoms with Crippen LogP contribution in [0.4, 0.5) is 5.95 Å². The first-order chi connectivity index (χ1) is 12.3. The van der Waals surface area contributed by atoms with Crippen LogP contribution in [0.15, 0.2) is 42.9 Å². The highest BCUT2D eigenvalue weighted by Crippen LogP contribution is 2.33. The number of pyridine rings is 1. The predicted molar refractivity (Wildman–Crippen MR) is 94.9 cm³/mol. The van der Waals surface area contributed by atoms with Gasteiger partial charge in [-0.15, -0.1) is 0 Å². The van der Waals surface area contributed by atoms with E-state index >= 15 is 0 Å². The fourth-order valence-electron chi connectivity index (χ4n) is 3.96. The van der Waals surface area contributed by atoms with Gasteiger partial charge in [0.1, 0.15) is 0 Å². The Morgan fingerprint density at radius 1 is 0.960 bits per heavy atom. The lowest BCUT2D eigenvalue weighted by atomic mass is 9.96. The summed E-state index contributed by atoms with van der Waals surface area (Å²) in [7, 11) is 0. The SMILES string of the molecule is O=C([C@H]1CCCN(c2ncccn2)C1)N1CCC[C@@H]1c1ccccn1. The average molecular weight is 337 g/mol. The Bertz CT molecular complexity index is 708. The van der Waals surface area contributed by atoms with Crippen LogP contribution >= 0.6 is 0 Å². The Morgan fingerprint density at radius 3 is 2.56 bits per heavy atom. The van der Waals surface area contributed by atoms with Crippen LogP contribution in [0.2, 0.25) is 0 Å². The molecule has 25 heavy (non-hydrogen) atoms. The average Bonchev–Trinajstić information content (AvgIpc) is 3.19. The van der Waals surface area contributed by atoms with E-state index in [-0.39, 0.29) is 17.9 Å². The lowest BCUT2D eigenvalue weighted by molar-refractivity contribution is -0.136. The number of carbonyl (C=O) groups excluding carboxylic acids is 1. The highest BCUT2D eigenvalue weighted by atomic mass is 16.2. The molecule has 0 aromatic carbocycles. The molecule has 0 aliphatic carbocycles. The van der Waals surface area contributed by atoms with Crippen molar-refractivity contribution in [1.82, 2.24) is 19.9 Å². The molecule has 0 bridgehead atoms. The van der Waals surface area contributed by atoms with E-state index in [9.17, 15) is 4.79 Å². The van der Waals surface area contributed by atoms with E-state index in [1.807, 2.05) is 35.4 Å². The molecule has 2 atom stereocenters. The molecule has 2 aliphatic heterocycles. The van der Waals surface area contributed by atoms with Crippen molar-refractivity contribution in [1.29, 1.82) is 0 Å². The lowest BCUT2D eigenvalue weighted by Gasteiger charge is -2.35. The van der Waals surface area contributed by atoms with Crippen LogP contribution in [-0.4, -0.2) is 45.4 Å². The number of anilines is 1. The largest absolute Gasteiger partial charge is 0.340 e. The summed E-state index contributed by atoms with van der Waals surface area (Å²) in [5.41, 5.74) is 1.01. The first-order valence-corrected chi connectivity index (χ1v) is 9.06. The van der Waals surface area contributed by atoms with E-state index in [4.69, 9.17) is 0 Å². The molecule has 2 aromatic rings. The summed E-state index contributed by atoms with van der Waals surface area (Å²) in [6, 6.07) is 7.89. The number of hydrogen-bond acceptors (Lipinski definition) is 5. The van der Waals surface area contributed by atoms with Crippen LogP contribution in [-0.2, 0) is 4.79 Å². The third kappa shape index (κ3) is 3.34. The van der Waals surface area contributed by atoms with Gasteiger partial charge in [0.2, 0.25) is 11.9 Å². The second kappa shape index (κ2) is 7.17. The normalized spacial score (nSPS) is 23.7. The molecule has 6 heteroatoms. The van der Waals surface area contributed by atoms with Crippen molar-refractivity contribution in [3.05, 3.63) is 48.5 Å². The number of rotatable bonds is 3. The smallest absolute Gasteiger partial charge is 0.228 e. The number of aromatic nitrogens is 3. The van der Waals surface area contributed by atoms with Crippen LogP contribution in [0, 0.1) is 5.92 Å². The van der Waals surface area contributed by atoms with E-state index in [1.54, 1.807) is 12.4 Å². The van der Waals surface area contributed by atoms with Crippen molar-refractivity contribution in [2.75, 3.05) is 24.5 Å². The standard InChI is InChI=1S/C19H23N5O/c25-18(24-13-4-8-17(24)16-7-1-2-9-20-16)15-6-3-12-23(14-15)19-21-10-5-11-22-19/h1-2,5,7,9-11,15,17H,3-4,6,8,12-14H2/t15-,17+/m0/s1. The molecule has 4 heterocycles. The van der Waals surface area contributed by atoms with Crippen molar-refractivity contribution in [2.45, 2.75) is 31.7 Å². The van der Waals surface area contributed by atoms with Gasteiger partial charge in [0.15, 0.2) is 0 Å². The highest BCUT2D eigenvalue weighted by Gasteiger charge is 2.36. The van der Waals surface area contributed by atoms with Crippen LogP contribution in [0.1, 0.15) is 37.4 Å². The molecule has 0 radical (unpaired) electrons. The van der Waals surface area contributed by atoms with Gasteiger partial charge in [0.05, 0.1) is 17.7 Å². The fraction of sp³-hybridized carbons (Fsp3) is 0.474. The number of piperidine rings is 1. The van der Waals surface area contributed by atoms with Crippen LogP contribution < -0.4 is 4.90 Å². The second-order valence-electron chi connectivity index (χ2n) is 6.78. The zero-order chi connectivity index (χ0) is 17.1. The van der Waals surface area contributed by atoms with Crippen molar-refractivity contribution < 1.29 is 4.79 Å². The van der Waals surface area contributed by atoms with Crippen molar-refractivity contribution in [2.24, 2.45) is 5.92 Å². The molecular weight excluding hydrogens is 314 g/mol. The van der Waals surface area contributed by atoms with E-state index in [2.05, 4.69) is 19.9 Å². The minimum absolute atomic E-state index is 0.0156. The second-order valence-corrected chi connectivity index (χ2v) is 6.78. The molecule has 2 aliphatic rings. The van der Waals surface area contributed by atoms with Gasteiger partial charge in [0.25, 0.3) is 0 Å². The maximum Gasteiger partial charge on any atom is 0.228 e. The topological polar surface area (TPSA) is 62.2 Å². The Labute approximate surface area is 147 Å². The Balaban J connectivity index is 1.48. The zero-order valence-electron chi connectivity index (χ0n) is 14.3. The van der Waals surface area contributed by atoms with Gasteiger partial charge < -0.3 is 9.80 Å². The summed E-state index contributed by atoms with van der Waals surface area (Å²) in [5, 5.41) is 0. The molecule has 2 aromatic heterocycles. The minimum Gasteiger partial charge on any atom is -0.340 e. The summed E-state index contributed by atoms with van der Waals surface area (Å²) in [6.07, 6.45) is 9.30. The summed E-state index contributed by atoms with van der Waals surface area (Å²) in [5.74, 6) is 0.998. The molecule has 0 spiro atoms. The number of likely N-dealkylation sites (tertiary alicyclic amines) is 1. The van der Waals surface area contributed by atoms with Gasteiger partial charge >= 0.3 is 0 Å². The summed E-state index contributed by atoms with van der Waals surface area (Å²) in [6.45, 7) is 2.45. The molecule has 1 amide bonds. The zero-order valence-corrected chi connectivity index (χ0v) is 14.3. The quantitative estimate of drug-likeness (QED) is 0.861. The summed E-state index contributed by atoms with van der Waals surface area (Å²) >= 11 is 0. The van der Waals surface area contributed by atoms with Gasteiger partial charge in [-0.3, -0.25) is 9.78 Å². The Hall–Kier alpha value is -2.50. The molecule has 6 nitrogen and oxygen atoms in total. The van der Waals surface area contributed by atoms with Gasteiger partial charge in [0, 0.05) is 38.2 Å². The van der Waals surface area contributed by atoms with Gasteiger partial charge in [-0.1, -0.05) is 6.07 Å². The molecule has 2 saturated heterocycles. The number of carbonyl (C=O) groups is 1. The van der Waals surface area contributed by atoms with Gasteiger partial charge in [-0.25, -0.2) is 9.97 Å². The third-order valence-corrected chi connectivity index (χ3v) is 5.17. The highest BCUT2D eigenvalue weighted by molar-refractivity contribution is 5.80. The molecule has 0 N–H and O–H groups in total. The van der Waals surface area contributed by atoms with Crippen LogP contribution in [0.5, 0.6) is 0 Å². The lowest BCUT2D eigenvalue weighted by Crippen LogP contribution is -2.45. The van der Waals surface area contributed by atoms with Crippen molar-refractivity contribution >= 4 is 11.9 Å². The maximum absolute atomic E-state index is 13.2. The molecule has 0 saturated carbocycles. The van der Waals surface area contributed by atoms with Crippen LogP contribution in [0.25, 0.3) is 0 Å². The predicted octanol–water partition coefficient (Wildman–Crippen LogP) is 2.45. The summed E-state index contributed by atoms with van der Waals surface area (Å²) < 4.78 is 0. The minimum atomic E-state index is 0.0156. The first kappa shape index (κ1) is 16.0. The maximum atomic E-state index is 13.2. The van der Waals surface area contributed by atoms with Gasteiger partial charge in [-0.2, -0.15) is 0 Å². The molecule has 2 fully saturated rings. The van der Waals surface area contributed by atoms with E-state index in [0.29, 0.717) is 6.54 Å². The number of amides is 1. The first-order valence-electron chi connectivity index (χ1n) is 9.06. The van der Waals surface area contributed by atoms with E-state index in [1.165, 1.54) is 0 Å². The number of nitrogens with zero attached hydrogens (tertiary/aromatic N) is 5. The van der Waals surface area contributed by atoms with Crippen molar-refractivity contribution in [3.63, 3.8) is 0 Å². The third-order valence-electron chi connectivity index (χ3n) is 5.17. The van der Waals surface area contributed by atoms with E-state index < -0.39 is 0 Å². The van der Waals surface area contributed by atoms with Gasteiger partial charge in [-0.05, 0) is 43.9 Å². The molecule has 0 unspecified atom stereocenters. The Kier molecular flexibility index (Phi) is 4.59. The Morgan fingerprint density at radius 2 is 1.76 bits per heavy atom. The molecule has 130 valence electrons. The molecule has 4 rings (SSSR count).